The molecule has 1 aliphatic rings. The number of para-hydroxylation sites is 1. The van der Waals surface area contributed by atoms with E-state index in [1.165, 1.54) is 24.1 Å². The van der Waals surface area contributed by atoms with Crippen molar-refractivity contribution in [3.8, 4) is 0 Å². The van der Waals surface area contributed by atoms with Gasteiger partial charge in [0, 0.05) is 12.2 Å². The Hall–Kier alpha value is -1.24. The molecule has 1 aromatic carbocycles. The number of benzene rings is 1. The van der Waals surface area contributed by atoms with E-state index in [0.717, 1.165) is 6.54 Å². The van der Waals surface area contributed by atoms with Gasteiger partial charge in [-0.2, -0.15) is 0 Å². The average Bonchev–Trinajstić information content (AvgIpc) is 2.06. The molecule has 0 aliphatic carbocycles. The molecule has 1 heterocycles. The van der Waals surface area contributed by atoms with E-state index < -0.39 is 0 Å². The van der Waals surface area contributed by atoms with Gasteiger partial charge in [0.1, 0.15) is 0 Å². The van der Waals surface area contributed by atoms with Gasteiger partial charge in [-0.25, -0.2) is 0 Å². The molecular weight excluding hydrogens is 146 g/mol. The van der Waals surface area contributed by atoms with Crippen LogP contribution in [0.3, 0.4) is 0 Å². The van der Waals surface area contributed by atoms with Gasteiger partial charge < -0.3 is 5.32 Å². The van der Waals surface area contributed by atoms with Crippen LogP contribution in [0.25, 0.3) is 6.08 Å². The van der Waals surface area contributed by atoms with Crippen molar-refractivity contribution >= 4 is 11.8 Å². The summed E-state index contributed by atoms with van der Waals surface area (Å²) in [7, 11) is 0. The summed E-state index contributed by atoms with van der Waals surface area (Å²) in [6.07, 6.45) is 6.85. The first kappa shape index (κ1) is 7.41. The topological polar surface area (TPSA) is 12.0 Å². The molecule has 0 fully saturated rings. The molecule has 0 saturated carbocycles. The SMILES string of the molecule is C1=C\c2ccccc2NCCC/1. The monoisotopic (exact) mass is 159 g/mol. The third-order valence-corrected chi connectivity index (χ3v) is 2.12. The number of anilines is 1. The normalized spacial score (nSPS) is 18.3. The molecule has 1 nitrogen and oxygen atoms in total. The molecule has 2 rings (SSSR count). The highest BCUT2D eigenvalue weighted by Gasteiger charge is 1.98. The average molecular weight is 159 g/mol. The van der Waals surface area contributed by atoms with Gasteiger partial charge in [-0.3, -0.25) is 0 Å². The van der Waals surface area contributed by atoms with Crippen molar-refractivity contribution in [1.29, 1.82) is 0 Å². The summed E-state index contributed by atoms with van der Waals surface area (Å²) in [6, 6.07) is 8.42. The minimum atomic E-state index is 1.08. The molecule has 1 N–H and O–H groups in total. The first-order valence-corrected chi connectivity index (χ1v) is 4.46. The number of hydrogen-bond acceptors (Lipinski definition) is 1. The van der Waals surface area contributed by atoms with Gasteiger partial charge in [0.05, 0.1) is 0 Å². The molecule has 0 unspecified atom stereocenters. The molecule has 12 heavy (non-hydrogen) atoms. The molecule has 0 bridgehead atoms. The molecule has 0 spiro atoms. The van der Waals surface area contributed by atoms with Crippen LogP contribution < -0.4 is 5.32 Å². The van der Waals surface area contributed by atoms with Gasteiger partial charge in [-0.15, -0.1) is 0 Å². The van der Waals surface area contributed by atoms with Gasteiger partial charge in [0.25, 0.3) is 0 Å². The van der Waals surface area contributed by atoms with Gasteiger partial charge in [-0.05, 0) is 24.5 Å². The summed E-state index contributed by atoms with van der Waals surface area (Å²) >= 11 is 0. The summed E-state index contributed by atoms with van der Waals surface area (Å²) in [5.41, 5.74) is 2.56. The molecular formula is C11H13N. The Balaban J connectivity index is 2.36. The quantitative estimate of drug-likeness (QED) is 0.613. The van der Waals surface area contributed by atoms with Crippen molar-refractivity contribution in [3.05, 3.63) is 35.9 Å². The fourth-order valence-electron chi connectivity index (χ4n) is 1.46. The van der Waals surface area contributed by atoms with E-state index in [2.05, 4.69) is 41.7 Å². The van der Waals surface area contributed by atoms with E-state index in [4.69, 9.17) is 0 Å². The van der Waals surface area contributed by atoms with Crippen LogP contribution in [0, 0.1) is 0 Å². The summed E-state index contributed by atoms with van der Waals surface area (Å²) in [4.78, 5) is 0. The molecule has 0 atom stereocenters. The van der Waals surface area contributed by atoms with Crippen LogP contribution in [0.1, 0.15) is 18.4 Å². The standard InChI is InChI=1S/C11H13N/c1-2-6-10-7-3-4-8-11(10)12-9-5-1/h2-4,6-8,12H,1,5,9H2/b6-2-. The Morgan fingerprint density at radius 1 is 1.17 bits per heavy atom. The summed E-state index contributed by atoms with van der Waals surface area (Å²) in [6.45, 7) is 1.08. The second kappa shape index (κ2) is 3.44. The number of fused-ring (bicyclic) bond motifs is 1. The molecule has 1 aliphatic heterocycles. The summed E-state index contributed by atoms with van der Waals surface area (Å²) in [5, 5.41) is 3.41. The van der Waals surface area contributed by atoms with E-state index in [-0.39, 0.29) is 0 Å². The zero-order valence-electron chi connectivity index (χ0n) is 7.09. The Morgan fingerprint density at radius 2 is 2.08 bits per heavy atom. The van der Waals surface area contributed by atoms with E-state index >= 15 is 0 Å². The molecule has 0 saturated heterocycles. The summed E-state index contributed by atoms with van der Waals surface area (Å²) < 4.78 is 0. The van der Waals surface area contributed by atoms with E-state index in [1.54, 1.807) is 0 Å². The van der Waals surface area contributed by atoms with Crippen LogP contribution >= 0.6 is 0 Å². The smallest absolute Gasteiger partial charge is 0.0413 e. The maximum absolute atomic E-state index is 3.41. The number of hydrogen-bond donors (Lipinski definition) is 1. The van der Waals surface area contributed by atoms with Gasteiger partial charge in [-0.1, -0.05) is 30.4 Å². The maximum atomic E-state index is 3.41. The lowest BCUT2D eigenvalue weighted by Crippen LogP contribution is -2.03. The van der Waals surface area contributed by atoms with E-state index in [0.29, 0.717) is 0 Å². The lowest BCUT2D eigenvalue weighted by molar-refractivity contribution is 0.888. The van der Waals surface area contributed by atoms with Gasteiger partial charge in [0.2, 0.25) is 0 Å². The zero-order valence-corrected chi connectivity index (χ0v) is 7.09. The lowest BCUT2D eigenvalue weighted by atomic mass is 10.1. The maximum Gasteiger partial charge on any atom is 0.0413 e. The predicted molar refractivity (Wildman–Crippen MR) is 53.2 cm³/mol. The number of allylic oxidation sites excluding steroid dienone is 1. The van der Waals surface area contributed by atoms with E-state index in [1.807, 2.05) is 0 Å². The van der Waals surface area contributed by atoms with E-state index in [9.17, 15) is 0 Å². The summed E-state index contributed by atoms with van der Waals surface area (Å²) in [5.74, 6) is 0. The van der Waals surface area contributed by atoms with Crippen LogP contribution in [0.4, 0.5) is 5.69 Å². The highest BCUT2D eigenvalue weighted by Crippen LogP contribution is 2.18. The first-order chi connectivity index (χ1) is 5.97. The molecule has 0 aromatic heterocycles. The molecule has 0 radical (unpaired) electrons. The van der Waals surface area contributed by atoms with Crippen LogP contribution in [0.2, 0.25) is 0 Å². The first-order valence-electron chi connectivity index (χ1n) is 4.46. The Bertz CT molecular complexity index is 289. The molecule has 62 valence electrons. The van der Waals surface area contributed by atoms with Crippen LogP contribution in [0.15, 0.2) is 30.3 Å². The second-order valence-corrected chi connectivity index (χ2v) is 3.06. The van der Waals surface area contributed by atoms with Gasteiger partial charge in [0.15, 0.2) is 0 Å². The van der Waals surface area contributed by atoms with Crippen molar-refractivity contribution in [2.24, 2.45) is 0 Å². The highest BCUT2D eigenvalue weighted by molar-refractivity contribution is 5.66. The molecule has 1 aromatic rings. The predicted octanol–water partition coefficient (Wildman–Crippen LogP) is 2.91. The van der Waals surface area contributed by atoms with Crippen LogP contribution in [0.5, 0.6) is 0 Å². The number of nitrogens with one attached hydrogen (secondary N) is 1. The van der Waals surface area contributed by atoms with Crippen LogP contribution in [-0.2, 0) is 0 Å². The van der Waals surface area contributed by atoms with Crippen molar-refractivity contribution < 1.29 is 0 Å². The Labute approximate surface area is 73.1 Å². The Morgan fingerprint density at radius 3 is 3.08 bits per heavy atom. The largest absolute Gasteiger partial charge is 0.385 e. The Kier molecular flexibility index (Phi) is 2.12. The lowest BCUT2D eigenvalue weighted by Gasteiger charge is -2.11. The van der Waals surface area contributed by atoms with Gasteiger partial charge >= 0.3 is 0 Å². The minimum absolute atomic E-state index is 1.08. The third kappa shape index (κ3) is 1.50. The van der Waals surface area contributed by atoms with Crippen molar-refractivity contribution in [3.63, 3.8) is 0 Å². The zero-order chi connectivity index (χ0) is 8.23. The second-order valence-electron chi connectivity index (χ2n) is 3.06. The van der Waals surface area contributed by atoms with Crippen molar-refractivity contribution in [2.75, 3.05) is 11.9 Å². The van der Waals surface area contributed by atoms with Crippen molar-refractivity contribution in [2.45, 2.75) is 12.8 Å². The minimum Gasteiger partial charge on any atom is -0.385 e. The van der Waals surface area contributed by atoms with Crippen molar-refractivity contribution in [1.82, 2.24) is 0 Å². The highest BCUT2D eigenvalue weighted by atomic mass is 14.9. The third-order valence-electron chi connectivity index (χ3n) is 2.12. The fraction of sp³-hybridized carbons (Fsp3) is 0.273. The number of rotatable bonds is 0. The molecule has 0 amide bonds. The molecule has 1 heteroatoms. The fourth-order valence-corrected chi connectivity index (χ4v) is 1.46. The van der Waals surface area contributed by atoms with Crippen LogP contribution in [-0.4, -0.2) is 6.54 Å².